The second kappa shape index (κ2) is 7.80. The lowest BCUT2D eigenvalue weighted by Crippen LogP contribution is -2.02. The molecule has 0 rings (SSSR count). The first kappa shape index (κ1) is 10.7. The van der Waals surface area contributed by atoms with Gasteiger partial charge in [0.25, 0.3) is 0 Å². The molecule has 0 aliphatic heterocycles. The summed E-state index contributed by atoms with van der Waals surface area (Å²) in [4.78, 5) is 0. The molecule has 0 aliphatic rings. The molecule has 0 saturated heterocycles. The Bertz CT molecular complexity index is 97.0. The second-order valence-corrected chi connectivity index (χ2v) is 2.94. The van der Waals surface area contributed by atoms with Crippen LogP contribution in [0.15, 0.2) is 12.2 Å². The SMILES string of the molecule is CCCC=CCC(O)CCC. The molecule has 11 heavy (non-hydrogen) atoms. The summed E-state index contributed by atoms with van der Waals surface area (Å²) in [6.07, 6.45) is 9.28. The summed E-state index contributed by atoms with van der Waals surface area (Å²) in [6, 6.07) is 0. The molecule has 0 spiro atoms. The molecule has 0 bridgehead atoms. The molecule has 0 radical (unpaired) electrons. The van der Waals surface area contributed by atoms with Crippen molar-refractivity contribution in [3.8, 4) is 0 Å². The molecule has 1 heteroatoms. The summed E-state index contributed by atoms with van der Waals surface area (Å²) >= 11 is 0. The largest absolute Gasteiger partial charge is 0.393 e. The van der Waals surface area contributed by atoms with E-state index in [-0.39, 0.29) is 6.10 Å². The minimum atomic E-state index is -0.117. The number of allylic oxidation sites excluding steroid dienone is 1. The van der Waals surface area contributed by atoms with E-state index in [1.165, 1.54) is 6.42 Å². The molecule has 0 heterocycles. The molecule has 1 atom stereocenters. The van der Waals surface area contributed by atoms with Crippen molar-refractivity contribution < 1.29 is 5.11 Å². The van der Waals surface area contributed by atoms with Gasteiger partial charge in [-0.05, 0) is 19.3 Å². The Hall–Kier alpha value is -0.300. The highest BCUT2D eigenvalue weighted by atomic mass is 16.3. The van der Waals surface area contributed by atoms with Crippen molar-refractivity contribution in [3.05, 3.63) is 12.2 Å². The standard InChI is InChI=1S/C10H20O/c1-3-5-6-7-9-10(11)8-4-2/h6-7,10-11H,3-5,8-9H2,1-2H3. The fourth-order valence-electron chi connectivity index (χ4n) is 0.989. The van der Waals surface area contributed by atoms with Crippen LogP contribution in [0.2, 0.25) is 0 Å². The fraction of sp³-hybridized carbons (Fsp3) is 0.800. The highest BCUT2D eigenvalue weighted by Crippen LogP contribution is 2.02. The number of hydrogen-bond acceptors (Lipinski definition) is 1. The zero-order valence-electron chi connectivity index (χ0n) is 7.71. The molecular weight excluding hydrogens is 136 g/mol. The third-order valence-electron chi connectivity index (χ3n) is 1.65. The molecule has 66 valence electrons. The van der Waals surface area contributed by atoms with Gasteiger partial charge in [0.05, 0.1) is 6.10 Å². The van der Waals surface area contributed by atoms with Gasteiger partial charge >= 0.3 is 0 Å². The molecule has 0 aromatic carbocycles. The topological polar surface area (TPSA) is 20.2 Å². The maximum absolute atomic E-state index is 9.30. The van der Waals surface area contributed by atoms with Crippen molar-refractivity contribution in [2.45, 2.75) is 52.1 Å². The molecule has 0 aromatic rings. The molecule has 0 saturated carbocycles. The Labute approximate surface area is 70.1 Å². The van der Waals surface area contributed by atoms with Crippen molar-refractivity contribution in [1.29, 1.82) is 0 Å². The van der Waals surface area contributed by atoms with E-state index in [2.05, 4.69) is 26.0 Å². The van der Waals surface area contributed by atoms with Crippen LogP contribution in [0.25, 0.3) is 0 Å². The molecule has 1 unspecified atom stereocenters. The zero-order chi connectivity index (χ0) is 8.53. The quantitative estimate of drug-likeness (QED) is 0.586. The fourth-order valence-corrected chi connectivity index (χ4v) is 0.989. The summed E-state index contributed by atoms with van der Waals surface area (Å²) in [5.41, 5.74) is 0. The summed E-state index contributed by atoms with van der Waals surface area (Å²) in [7, 11) is 0. The highest BCUT2D eigenvalue weighted by molar-refractivity contribution is 4.83. The molecule has 1 N–H and O–H groups in total. The van der Waals surface area contributed by atoms with Gasteiger partial charge in [0.15, 0.2) is 0 Å². The average Bonchev–Trinajstić information content (AvgIpc) is 1.99. The first-order valence-corrected chi connectivity index (χ1v) is 4.64. The summed E-state index contributed by atoms with van der Waals surface area (Å²) in [5, 5.41) is 9.30. The lowest BCUT2D eigenvalue weighted by molar-refractivity contribution is 0.166. The Morgan fingerprint density at radius 2 is 1.91 bits per heavy atom. The van der Waals surface area contributed by atoms with Crippen LogP contribution in [0.4, 0.5) is 0 Å². The van der Waals surface area contributed by atoms with Crippen LogP contribution in [0, 0.1) is 0 Å². The average molecular weight is 156 g/mol. The van der Waals surface area contributed by atoms with Gasteiger partial charge in [-0.25, -0.2) is 0 Å². The lowest BCUT2D eigenvalue weighted by atomic mass is 10.1. The van der Waals surface area contributed by atoms with E-state index in [1.54, 1.807) is 0 Å². The van der Waals surface area contributed by atoms with Gasteiger partial charge in [-0.15, -0.1) is 0 Å². The van der Waals surface area contributed by atoms with E-state index >= 15 is 0 Å². The minimum absolute atomic E-state index is 0.117. The Balaban J connectivity index is 3.21. The monoisotopic (exact) mass is 156 g/mol. The third kappa shape index (κ3) is 7.60. The number of hydrogen-bond donors (Lipinski definition) is 1. The van der Waals surface area contributed by atoms with Gasteiger partial charge in [-0.2, -0.15) is 0 Å². The number of aliphatic hydroxyl groups excluding tert-OH is 1. The zero-order valence-corrected chi connectivity index (χ0v) is 7.71. The van der Waals surface area contributed by atoms with Crippen LogP contribution in [0.5, 0.6) is 0 Å². The number of aliphatic hydroxyl groups is 1. The Kier molecular flexibility index (Phi) is 7.59. The molecule has 1 nitrogen and oxygen atoms in total. The molecule has 0 aromatic heterocycles. The maximum Gasteiger partial charge on any atom is 0.0574 e. The van der Waals surface area contributed by atoms with Crippen LogP contribution in [-0.2, 0) is 0 Å². The Morgan fingerprint density at radius 3 is 2.45 bits per heavy atom. The number of unbranched alkanes of at least 4 members (excludes halogenated alkanes) is 1. The van der Waals surface area contributed by atoms with Crippen molar-refractivity contribution in [2.24, 2.45) is 0 Å². The van der Waals surface area contributed by atoms with Gasteiger partial charge in [0.2, 0.25) is 0 Å². The van der Waals surface area contributed by atoms with Crippen LogP contribution in [0.1, 0.15) is 46.0 Å². The van der Waals surface area contributed by atoms with Crippen LogP contribution >= 0.6 is 0 Å². The van der Waals surface area contributed by atoms with Crippen LogP contribution in [-0.4, -0.2) is 11.2 Å². The third-order valence-corrected chi connectivity index (χ3v) is 1.65. The van der Waals surface area contributed by atoms with Crippen molar-refractivity contribution in [3.63, 3.8) is 0 Å². The van der Waals surface area contributed by atoms with Crippen LogP contribution < -0.4 is 0 Å². The smallest absolute Gasteiger partial charge is 0.0574 e. The maximum atomic E-state index is 9.30. The van der Waals surface area contributed by atoms with Gasteiger partial charge in [-0.1, -0.05) is 38.8 Å². The van der Waals surface area contributed by atoms with Crippen molar-refractivity contribution in [2.75, 3.05) is 0 Å². The summed E-state index contributed by atoms with van der Waals surface area (Å²) < 4.78 is 0. The lowest BCUT2D eigenvalue weighted by Gasteiger charge is -2.03. The predicted octanol–water partition coefficient (Wildman–Crippen LogP) is 2.89. The van der Waals surface area contributed by atoms with Crippen molar-refractivity contribution >= 4 is 0 Å². The summed E-state index contributed by atoms with van der Waals surface area (Å²) in [5.74, 6) is 0. The minimum Gasteiger partial charge on any atom is -0.393 e. The van der Waals surface area contributed by atoms with E-state index in [9.17, 15) is 5.11 Å². The van der Waals surface area contributed by atoms with E-state index in [0.29, 0.717) is 0 Å². The molecule has 0 amide bonds. The Morgan fingerprint density at radius 1 is 1.18 bits per heavy atom. The van der Waals surface area contributed by atoms with E-state index in [1.807, 2.05) is 0 Å². The van der Waals surface area contributed by atoms with Crippen LogP contribution in [0.3, 0.4) is 0 Å². The normalized spacial score (nSPS) is 14.1. The first-order valence-electron chi connectivity index (χ1n) is 4.64. The van der Waals surface area contributed by atoms with Gasteiger partial charge < -0.3 is 5.11 Å². The summed E-state index contributed by atoms with van der Waals surface area (Å²) in [6.45, 7) is 4.26. The predicted molar refractivity (Wildman–Crippen MR) is 49.6 cm³/mol. The second-order valence-electron chi connectivity index (χ2n) is 2.94. The van der Waals surface area contributed by atoms with Crippen molar-refractivity contribution in [1.82, 2.24) is 0 Å². The van der Waals surface area contributed by atoms with E-state index in [4.69, 9.17) is 0 Å². The molecule has 0 fully saturated rings. The highest BCUT2D eigenvalue weighted by Gasteiger charge is 1.97. The van der Waals surface area contributed by atoms with E-state index in [0.717, 1.165) is 25.7 Å². The molecule has 0 aliphatic carbocycles. The number of rotatable bonds is 6. The first-order chi connectivity index (χ1) is 5.31. The van der Waals surface area contributed by atoms with Gasteiger partial charge in [-0.3, -0.25) is 0 Å². The van der Waals surface area contributed by atoms with Gasteiger partial charge in [0.1, 0.15) is 0 Å². The van der Waals surface area contributed by atoms with E-state index < -0.39 is 0 Å². The molecular formula is C10H20O. The van der Waals surface area contributed by atoms with Gasteiger partial charge in [0, 0.05) is 0 Å².